The second kappa shape index (κ2) is 3.52. The van der Waals surface area contributed by atoms with Gasteiger partial charge in [0.25, 0.3) is 0 Å². The summed E-state index contributed by atoms with van der Waals surface area (Å²) >= 11 is 0. The molecular formula is C11H12N4O. The fourth-order valence-electron chi connectivity index (χ4n) is 2.04. The minimum atomic E-state index is -0.109. The molecule has 0 aliphatic carbocycles. The van der Waals surface area contributed by atoms with E-state index >= 15 is 0 Å². The Hall–Kier alpha value is -2.04. The van der Waals surface area contributed by atoms with Crippen molar-refractivity contribution in [3.8, 4) is 0 Å². The summed E-state index contributed by atoms with van der Waals surface area (Å²) in [4.78, 5) is 15.6. The zero-order valence-corrected chi connectivity index (χ0v) is 8.68. The molecule has 5 heteroatoms. The molecule has 1 unspecified atom stereocenters. The van der Waals surface area contributed by atoms with Gasteiger partial charge in [-0.1, -0.05) is 6.07 Å². The summed E-state index contributed by atoms with van der Waals surface area (Å²) in [6.45, 7) is 0.705. The first-order valence-corrected chi connectivity index (χ1v) is 5.31. The molecule has 3 rings (SSSR count). The van der Waals surface area contributed by atoms with E-state index in [4.69, 9.17) is 0 Å². The van der Waals surface area contributed by atoms with Crippen LogP contribution in [-0.2, 0) is 0 Å². The van der Waals surface area contributed by atoms with Gasteiger partial charge in [-0.05, 0) is 18.6 Å². The number of aromatic nitrogens is 2. The predicted octanol–water partition coefficient (Wildman–Crippen LogP) is 1.08. The van der Waals surface area contributed by atoms with Gasteiger partial charge < -0.3 is 15.0 Å². The summed E-state index contributed by atoms with van der Waals surface area (Å²) in [5, 5.41) is 5.64. The zero-order valence-electron chi connectivity index (χ0n) is 8.68. The predicted molar refractivity (Wildman–Crippen MR) is 59.1 cm³/mol. The molecule has 0 aromatic carbocycles. The van der Waals surface area contributed by atoms with Gasteiger partial charge in [0.2, 0.25) is 0 Å². The smallest absolute Gasteiger partial charge is 0.315 e. The maximum absolute atomic E-state index is 11.3. The topological polar surface area (TPSA) is 58.4 Å². The van der Waals surface area contributed by atoms with Crippen molar-refractivity contribution < 1.29 is 4.79 Å². The maximum atomic E-state index is 11.3. The molecule has 1 atom stereocenters. The average molecular weight is 216 g/mol. The van der Waals surface area contributed by atoms with Gasteiger partial charge in [-0.2, -0.15) is 0 Å². The summed E-state index contributed by atoms with van der Waals surface area (Å²) < 4.78 is 2.01. The zero-order chi connectivity index (χ0) is 11.0. The fourth-order valence-corrected chi connectivity index (χ4v) is 2.04. The van der Waals surface area contributed by atoms with E-state index in [2.05, 4.69) is 15.6 Å². The lowest BCUT2D eigenvalue weighted by Gasteiger charge is -2.23. The van der Waals surface area contributed by atoms with E-state index in [0.29, 0.717) is 6.54 Å². The first-order valence-electron chi connectivity index (χ1n) is 5.31. The van der Waals surface area contributed by atoms with E-state index in [-0.39, 0.29) is 12.1 Å². The molecule has 0 bridgehead atoms. The second-order valence-electron chi connectivity index (χ2n) is 3.85. The van der Waals surface area contributed by atoms with Gasteiger partial charge in [0.15, 0.2) is 0 Å². The summed E-state index contributed by atoms with van der Waals surface area (Å²) in [7, 11) is 0. The van der Waals surface area contributed by atoms with E-state index in [0.717, 1.165) is 17.8 Å². The van der Waals surface area contributed by atoms with Crippen LogP contribution in [0.3, 0.4) is 0 Å². The van der Waals surface area contributed by atoms with Crippen LogP contribution < -0.4 is 10.6 Å². The maximum Gasteiger partial charge on any atom is 0.315 e. The first kappa shape index (κ1) is 9.21. The number of rotatable bonds is 1. The van der Waals surface area contributed by atoms with Crippen molar-refractivity contribution in [2.24, 2.45) is 0 Å². The van der Waals surface area contributed by atoms with Crippen LogP contribution in [0.15, 0.2) is 30.6 Å². The Morgan fingerprint density at radius 1 is 1.44 bits per heavy atom. The SMILES string of the molecule is O=C1NCCC(c2cnc3ccccn23)N1. The molecule has 82 valence electrons. The molecule has 3 heterocycles. The Morgan fingerprint density at radius 3 is 3.25 bits per heavy atom. The number of urea groups is 1. The summed E-state index contributed by atoms with van der Waals surface area (Å²) in [5.74, 6) is 0. The highest BCUT2D eigenvalue weighted by Gasteiger charge is 2.21. The standard InChI is InChI=1S/C11H12N4O/c16-11-12-5-4-8(14-11)9-7-13-10-3-1-2-6-15(9)10/h1-3,6-8H,4-5H2,(H2,12,14,16). The van der Waals surface area contributed by atoms with Crippen molar-refractivity contribution >= 4 is 11.7 Å². The Labute approximate surface area is 92.5 Å². The number of carbonyl (C=O) groups excluding carboxylic acids is 1. The lowest BCUT2D eigenvalue weighted by Crippen LogP contribution is -2.44. The number of nitrogens with zero attached hydrogens (tertiary/aromatic N) is 2. The highest BCUT2D eigenvalue weighted by Crippen LogP contribution is 2.19. The van der Waals surface area contributed by atoms with E-state index in [9.17, 15) is 4.79 Å². The van der Waals surface area contributed by atoms with Gasteiger partial charge in [0.1, 0.15) is 5.65 Å². The lowest BCUT2D eigenvalue weighted by atomic mass is 10.1. The third-order valence-corrected chi connectivity index (χ3v) is 2.83. The van der Waals surface area contributed by atoms with Gasteiger partial charge >= 0.3 is 6.03 Å². The molecule has 16 heavy (non-hydrogen) atoms. The summed E-state index contributed by atoms with van der Waals surface area (Å²) in [5.41, 5.74) is 1.94. The third-order valence-electron chi connectivity index (χ3n) is 2.83. The van der Waals surface area contributed by atoms with Crippen LogP contribution in [0.25, 0.3) is 5.65 Å². The molecule has 0 radical (unpaired) electrons. The quantitative estimate of drug-likeness (QED) is 0.749. The number of hydrogen-bond acceptors (Lipinski definition) is 2. The molecule has 0 saturated carbocycles. The normalized spacial score (nSPS) is 20.5. The number of nitrogens with one attached hydrogen (secondary N) is 2. The Bertz CT molecular complexity index is 534. The molecule has 2 aromatic heterocycles. The summed E-state index contributed by atoms with van der Waals surface area (Å²) in [6.07, 6.45) is 4.67. The van der Waals surface area contributed by atoms with Crippen molar-refractivity contribution in [3.63, 3.8) is 0 Å². The third kappa shape index (κ3) is 1.41. The number of pyridine rings is 1. The highest BCUT2D eigenvalue weighted by atomic mass is 16.2. The van der Waals surface area contributed by atoms with E-state index in [1.54, 1.807) is 0 Å². The van der Waals surface area contributed by atoms with Gasteiger partial charge in [-0.25, -0.2) is 9.78 Å². The Balaban J connectivity index is 2.02. The monoisotopic (exact) mass is 216 g/mol. The van der Waals surface area contributed by atoms with Crippen molar-refractivity contribution in [2.45, 2.75) is 12.5 Å². The van der Waals surface area contributed by atoms with Gasteiger partial charge in [0.05, 0.1) is 17.9 Å². The van der Waals surface area contributed by atoms with Crippen molar-refractivity contribution in [1.29, 1.82) is 0 Å². The molecule has 1 saturated heterocycles. The van der Waals surface area contributed by atoms with Crippen LogP contribution in [-0.4, -0.2) is 22.0 Å². The van der Waals surface area contributed by atoms with E-state index < -0.39 is 0 Å². The molecule has 2 aromatic rings. The van der Waals surface area contributed by atoms with Gasteiger partial charge in [0, 0.05) is 12.7 Å². The van der Waals surface area contributed by atoms with Crippen LogP contribution in [0.1, 0.15) is 18.2 Å². The van der Waals surface area contributed by atoms with Gasteiger partial charge in [-0.15, -0.1) is 0 Å². The number of carbonyl (C=O) groups is 1. The van der Waals surface area contributed by atoms with Gasteiger partial charge in [-0.3, -0.25) is 0 Å². The van der Waals surface area contributed by atoms with E-state index in [1.165, 1.54) is 0 Å². The molecule has 1 aliphatic rings. The van der Waals surface area contributed by atoms with Crippen LogP contribution in [0.2, 0.25) is 0 Å². The molecule has 1 aliphatic heterocycles. The largest absolute Gasteiger partial charge is 0.338 e. The molecule has 2 N–H and O–H groups in total. The minimum Gasteiger partial charge on any atom is -0.338 e. The number of hydrogen-bond donors (Lipinski definition) is 2. The molecule has 0 spiro atoms. The van der Waals surface area contributed by atoms with Crippen LogP contribution in [0.5, 0.6) is 0 Å². The van der Waals surface area contributed by atoms with Crippen LogP contribution in [0, 0.1) is 0 Å². The molecule has 2 amide bonds. The number of imidazole rings is 1. The molecule has 5 nitrogen and oxygen atoms in total. The minimum absolute atomic E-state index is 0.0474. The second-order valence-corrected chi connectivity index (χ2v) is 3.85. The molecular weight excluding hydrogens is 204 g/mol. The van der Waals surface area contributed by atoms with Crippen molar-refractivity contribution in [2.75, 3.05) is 6.54 Å². The van der Waals surface area contributed by atoms with E-state index in [1.807, 2.05) is 35.0 Å². The van der Waals surface area contributed by atoms with Crippen molar-refractivity contribution in [1.82, 2.24) is 20.0 Å². The highest BCUT2D eigenvalue weighted by molar-refractivity contribution is 5.75. The van der Waals surface area contributed by atoms with Crippen LogP contribution >= 0.6 is 0 Å². The number of fused-ring (bicyclic) bond motifs is 1. The van der Waals surface area contributed by atoms with Crippen molar-refractivity contribution in [3.05, 3.63) is 36.3 Å². The fraction of sp³-hybridized carbons (Fsp3) is 0.273. The summed E-state index contributed by atoms with van der Waals surface area (Å²) in [6, 6.07) is 5.80. The Morgan fingerprint density at radius 2 is 2.38 bits per heavy atom. The average Bonchev–Trinajstić information content (AvgIpc) is 2.72. The Kier molecular flexibility index (Phi) is 2.02. The molecule has 1 fully saturated rings. The first-order chi connectivity index (χ1) is 7.84. The number of amides is 2. The lowest BCUT2D eigenvalue weighted by molar-refractivity contribution is 0.228. The van der Waals surface area contributed by atoms with Crippen LogP contribution in [0.4, 0.5) is 4.79 Å².